The molecule has 0 aromatic carbocycles. The van der Waals surface area contributed by atoms with Crippen molar-refractivity contribution < 1.29 is 4.79 Å². The summed E-state index contributed by atoms with van der Waals surface area (Å²) in [6.45, 7) is 1.78. The van der Waals surface area contributed by atoms with Gasteiger partial charge in [0.2, 0.25) is 0 Å². The van der Waals surface area contributed by atoms with Crippen LogP contribution in [0.25, 0.3) is 10.9 Å². The predicted molar refractivity (Wildman–Crippen MR) is 78.6 cm³/mol. The van der Waals surface area contributed by atoms with Gasteiger partial charge in [0, 0.05) is 17.6 Å². The fraction of sp³-hybridized carbons (Fsp3) is 0.400. The van der Waals surface area contributed by atoms with Crippen LogP contribution in [0.2, 0.25) is 5.15 Å². The average molecular weight is 291 g/mol. The summed E-state index contributed by atoms with van der Waals surface area (Å²) in [5.41, 5.74) is 1.48. The molecular formula is C15H15ClN2O2. The number of fused-ring (bicyclic) bond motifs is 1. The van der Waals surface area contributed by atoms with E-state index in [1.807, 2.05) is 0 Å². The lowest BCUT2D eigenvalue weighted by Gasteiger charge is -2.19. The molecular weight excluding hydrogens is 276 g/mol. The molecule has 20 heavy (non-hydrogen) atoms. The highest BCUT2D eigenvalue weighted by Gasteiger charge is 2.23. The molecule has 0 unspecified atom stereocenters. The molecule has 1 aliphatic carbocycles. The first kappa shape index (κ1) is 13.3. The molecule has 0 aliphatic heterocycles. The average Bonchev–Trinajstić information content (AvgIpc) is 2.93. The number of aromatic nitrogens is 2. The van der Waals surface area contributed by atoms with Gasteiger partial charge < -0.3 is 4.57 Å². The van der Waals surface area contributed by atoms with Gasteiger partial charge in [-0.15, -0.1) is 0 Å². The number of halogens is 1. The van der Waals surface area contributed by atoms with Crippen molar-refractivity contribution in [1.82, 2.24) is 9.55 Å². The van der Waals surface area contributed by atoms with E-state index in [0.717, 1.165) is 36.6 Å². The third-order valence-electron chi connectivity index (χ3n) is 4.17. The summed E-state index contributed by atoms with van der Waals surface area (Å²) in [7, 11) is 0. The van der Waals surface area contributed by atoms with Crippen LogP contribution in [0.4, 0.5) is 0 Å². The van der Waals surface area contributed by atoms with E-state index in [1.165, 1.54) is 0 Å². The Morgan fingerprint density at radius 2 is 2.10 bits per heavy atom. The number of hydrogen-bond donors (Lipinski definition) is 0. The quantitative estimate of drug-likeness (QED) is 0.630. The monoisotopic (exact) mass is 290 g/mol. The zero-order valence-electron chi connectivity index (χ0n) is 11.2. The van der Waals surface area contributed by atoms with Crippen LogP contribution in [0.1, 0.15) is 47.6 Å². The van der Waals surface area contributed by atoms with E-state index in [4.69, 9.17) is 11.6 Å². The molecule has 2 aromatic rings. The second-order valence-electron chi connectivity index (χ2n) is 5.29. The van der Waals surface area contributed by atoms with Gasteiger partial charge in [0.25, 0.3) is 5.56 Å². The summed E-state index contributed by atoms with van der Waals surface area (Å²) < 4.78 is 1.74. The van der Waals surface area contributed by atoms with Crippen LogP contribution in [0, 0.1) is 6.92 Å². The fourth-order valence-corrected chi connectivity index (χ4v) is 3.27. The number of nitrogens with zero attached hydrogens (tertiary/aromatic N) is 2. The number of rotatable bonds is 2. The van der Waals surface area contributed by atoms with Gasteiger partial charge >= 0.3 is 0 Å². The molecule has 5 heteroatoms. The highest BCUT2D eigenvalue weighted by Crippen LogP contribution is 2.32. The Morgan fingerprint density at radius 1 is 1.40 bits per heavy atom. The van der Waals surface area contributed by atoms with E-state index in [-0.39, 0.29) is 17.2 Å². The SMILES string of the molecule is Cc1c(C=O)c(=O)n(C2CCCC2)c2cc(Cl)ncc12. The Morgan fingerprint density at radius 3 is 2.75 bits per heavy atom. The predicted octanol–water partition coefficient (Wildman–Crippen LogP) is 3.29. The lowest BCUT2D eigenvalue weighted by molar-refractivity contribution is 0.112. The Labute approximate surface area is 121 Å². The molecule has 1 aliphatic rings. The molecule has 1 fully saturated rings. The smallest absolute Gasteiger partial charge is 0.262 e. The van der Waals surface area contributed by atoms with Crippen LogP contribution in [0.3, 0.4) is 0 Å². The molecule has 1 saturated carbocycles. The number of carbonyl (C=O) groups is 1. The fourth-order valence-electron chi connectivity index (χ4n) is 3.12. The first-order valence-corrected chi connectivity index (χ1v) is 7.17. The Bertz CT molecular complexity index is 746. The number of carbonyl (C=O) groups excluding carboxylic acids is 1. The van der Waals surface area contributed by atoms with Gasteiger partial charge in [-0.1, -0.05) is 24.4 Å². The number of hydrogen-bond acceptors (Lipinski definition) is 3. The molecule has 0 spiro atoms. The minimum absolute atomic E-state index is 0.155. The third kappa shape index (κ3) is 1.95. The molecule has 3 rings (SSSR count). The largest absolute Gasteiger partial charge is 0.304 e. The molecule has 2 heterocycles. The minimum atomic E-state index is -0.209. The summed E-state index contributed by atoms with van der Waals surface area (Å²) in [5.74, 6) is 0. The van der Waals surface area contributed by atoms with Crippen molar-refractivity contribution >= 4 is 28.8 Å². The highest BCUT2D eigenvalue weighted by atomic mass is 35.5. The van der Waals surface area contributed by atoms with Crippen molar-refractivity contribution in [1.29, 1.82) is 0 Å². The van der Waals surface area contributed by atoms with Crippen molar-refractivity contribution in [3.8, 4) is 0 Å². The van der Waals surface area contributed by atoms with E-state index < -0.39 is 0 Å². The van der Waals surface area contributed by atoms with Crippen molar-refractivity contribution in [2.45, 2.75) is 38.6 Å². The van der Waals surface area contributed by atoms with Gasteiger partial charge in [0.05, 0.1) is 11.1 Å². The third-order valence-corrected chi connectivity index (χ3v) is 4.38. The second-order valence-corrected chi connectivity index (χ2v) is 5.68. The highest BCUT2D eigenvalue weighted by molar-refractivity contribution is 6.30. The molecule has 0 atom stereocenters. The maximum Gasteiger partial charge on any atom is 0.262 e. The normalized spacial score (nSPS) is 15.9. The van der Waals surface area contributed by atoms with Crippen molar-refractivity contribution in [3.63, 3.8) is 0 Å². The van der Waals surface area contributed by atoms with Crippen LogP contribution in [-0.4, -0.2) is 15.8 Å². The standard InChI is InChI=1S/C15H15ClN2O2/c1-9-11-7-17-14(16)6-13(11)18(10-4-2-3-5-10)15(20)12(9)8-19/h6-8,10H,2-5H2,1H3. The number of aryl methyl sites for hydroxylation is 1. The molecule has 0 amide bonds. The lowest BCUT2D eigenvalue weighted by Crippen LogP contribution is -2.28. The van der Waals surface area contributed by atoms with Gasteiger partial charge in [0.1, 0.15) is 5.15 Å². The van der Waals surface area contributed by atoms with Crippen LogP contribution in [0.15, 0.2) is 17.1 Å². The molecule has 0 saturated heterocycles. The first-order chi connectivity index (χ1) is 9.63. The van der Waals surface area contributed by atoms with Gasteiger partial charge in [-0.2, -0.15) is 0 Å². The van der Waals surface area contributed by atoms with Crippen LogP contribution >= 0.6 is 11.6 Å². The van der Waals surface area contributed by atoms with Crippen molar-refractivity contribution in [2.75, 3.05) is 0 Å². The molecule has 104 valence electrons. The summed E-state index contributed by atoms with van der Waals surface area (Å²) in [6, 6.07) is 1.88. The van der Waals surface area contributed by atoms with E-state index >= 15 is 0 Å². The van der Waals surface area contributed by atoms with E-state index in [2.05, 4.69) is 4.98 Å². The summed E-state index contributed by atoms with van der Waals surface area (Å²) >= 11 is 5.98. The zero-order chi connectivity index (χ0) is 14.3. The van der Waals surface area contributed by atoms with E-state index in [1.54, 1.807) is 23.8 Å². The molecule has 4 nitrogen and oxygen atoms in total. The van der Waals surface area contributed by atoms with Gasteiger partial charge in [-0.25, -0.2) is 4.98 Å². The lowest BCUT2D eigenvalue weighted by atomic mass is 10.1. The Hall–Kier alpha value is -1.68. The topological polar surface area (TPSA) is 52.0 Å². The van der Waals surface area contributed by atoms with Gasteiger partial charge in [0.15, 0.2) is 6.29 Å². The van der Waals surface area contributed by atoms with Crippen molar-refractivity contribution in [2.24, 2.45) is 0 Å². The van der Waals surface area contributed by atoms with Gasteiger partial charge in [-0.05, 0) is 31.4 Å². The summed E-state index contributed by atoms with van der Waals surface area (Å²) in [6.07, 6.45) is 6.46. The van der Waals surface area contributed by atoms with Crippen LogP contribution < -0.4 is 5.56 Å². The maximum atomic E-state index is 12.6. The maximum absolute atomic E-state index is 12.6. The number of pyridine rings is 2. The molecule has 2 aromatic heterocycles. The minimum Gasteiger partial charge on any atom is -0.304 e. The van der Waals surface area contributed by atoms with E-state index in [0.29, 0.717) is 17.0 Å². The second kappa shape index (κ2) is 5.02. The molecule has 0 radical (unpaired) electrons. The van der Waals surface area contributed by atoms with Crippen LogP contribution in [-0.2, 0) is 0 Å². The number of aldehydes is 1. The molecule has 0 bridgehead atoms. The summed E-state index contributed by atoms with van der Waals surface area (Å²) in [5, 5.41) is 1.19. The van der Waals surface area contributed by atoms with Gasteiger partial charge in [-0.3, -0.25) is 9.59 Å². The first-order valence-electron chi connectivity index (χ1n) is 6.79. The van der Waals surface area contributed by atoms with Crippen LogP contribution in [0.5, 0.6) is 0 Å². The summed E-state index contributed by atoms with van der Waals surface area (Å²) in [4.78, 5) is 27.9. The zero-order valence-corrected chi connectivity index (χ0v) is 12.0. The van der Waals surface area contributed by atoms with Crippen molar-refractivity contribution in [3.05, 3.63) is 38.9 Å². The van der Waals surface area contributed by atoms with E-state index in [9.17, 15) is 9.59 Å². The molecule has 0 N–H and O–H groups in total. The Balaban J connectivity index is 2.43. The Kier molecular flexibility index (Phi) is 3.34.